The number of β-lactam (4-membered cyclic amide) rings is 1. The molecule has 2 aliphatic rings. The molecule has 0 saturated carbocycles. The van der Waals surface area contributed by atoms with Gasteiger partial charge in [0.25, 0.3) is 5.91 Å². The number of amides is 4. The van der Waals surface area contributed by atoms with E-state index in [1.54, 1.807) is 51.1 Å². The molecule has 0 spiro atoms. The Morgan fingerprint density at radius 1 is 0.894 bits per heavy atom. The molecule has 12 heteroatoms. The summed E-state index contributed by atoms with van der Waals surface area (Å²) in [7, 11) is 0. The first-order chi connectivity index (χ1) is 22.3. The summed E-state index contributed by atoms with van der Waals surface area (Å²) in [4.78, 5) is 68.0. The van der Waals surface area contributed by atoms with E-state index in [4.69, 9.17) is 15.2 Å². The quantitative estimate of drug-likeness (QED) is 0.229. The van der Waals surface area contributed by atoms with Gasteiger partial charge < -0.3 is 25.8 Å². The summed E-state index contributed by atoms with van der Waals surface area (Å²) in [5, 5.41) is 4.61. The number of nitrogens with zero attached hydrogens (tertiary/aromatic N) is 1. The number of carbonyl (C=O) groups is 5. The van der Waals surface area contributed by atoms with Crippen LogP contribution in [0.1, 0.15) is 56.5 Å². The molecule has 2 aliphatic heterocycles. The lowest BCUT2D eigenvalue weighted by molar-refractivity contribution is -0.160. The van der Waals surface area contributed by atoms with E-state index < -0.39 is 58.4 Å². The second kappa shape index (κ2) is 13.3. The van der Waals surface area contributed by atoms with E-state index in [2.05, 4.69) is 10.6 Å². The lowest BCUT2D eigenvalue weighted by Crippen LogP contribution is -2.79. The van der Waals surface area contributed by atoms with Crippen LogP contribution in [0.3, 0.4) is 0 Å². The zero-order valence-electron chi connectivity index (χ0n) is 26.4. The third-order valence-electron chi connectivity index (χ3n) is 7.66. The fraction of sp³-hybridized carbons (Fsp3) is 0.286. The van der Waals surface area contributed by atoms with Crippen molar-refractivity contribution in [2.75, 3.05) is 5.75 Å². The average molecular weight is 657 g/mol. The van der Waals surface area contributed by atoms with Crippen LogP contribution >= 0.6 is 11.8 Å². The van der Waals surface area contributed by atoms with Crippen LogP contribution in [0.5, 0.6) is 0 Å². The van der Waals surface area contributed by atoms with E-state index in [1.807, 2.05) is 60.7 Å². The molecule has 1 saturated heterocycles. The summed E-state index contributed by atoms with van der Waals surface area (Å²) in [5.74, 6) is -3.08. The molecule has 0 aromatic heterocycles. The van der Waals surface area contributed by atoms with Crippen LogP contribution in [0.25, 0.3) is 0 Å². The van der Waals surface area contributed by atoms with Gasteiger partial charge in [-0.2, -0.15) is 0 Å². The molecule has 0 radical (unpaired) electrons. The van der Waals surface area contributed by atoms with Gasteiger partial charge in [0.1, 0.15) is 28.3 Å². The van der Waals surface area contributed by atoms with Crippen LogP contribution in [0.2, 0.25) is 0 Å². The average Bonchev–Trinajstić information content (AvgIpc) is 3.05. The van der Waals surface area contributed by atoms with Gasteiger partial charge in [-0.05, 0) is 44.4 Å². The predicted molar refractivity (Wildman–Crippen MR) is 175 cm³/mol. The highest BCUT2D eigenvalue weighted by molar-refractivity contribution is 8.00. The third-order valence-corrected chi connectivity index (χ3v) is 9.12. The van der Waals surface area contributed by atoms with Crippen molar-refractivity contribution < 1.29 is 33.4 Å². The van der Waals surface area contributed by atoms with Crippen molar-refractivity contribution in [3.8, 4) is 0 Å². The van der Waals surface area contributed by atoms with Crippen LogP contribution in [0.4, 0.5) is 4.79 Å². The molecule has 11 nitrogen and oxygen atoms in total. The van der Waals surface area contributed by atoms with Gasteiger partial charge in [0.2, 0.25) is 11.8 Å². The largest absolute Gasteiger partial charge is 0.448 e. The predicted octanol–water partition coefficient (Wildman–Crippen LogP) is 4.11. The van der Waals surface area contributed by atoms with E-state index in [9.17, 15) is 24.0 Å². The number of alkyl carbamates (subject to hydrolysis) is 1. The fourth-order valence-corrected chi connectivity index (χ4v) is 6.91. The molecule has 1 unspecified atom stereocenters. The number of esters is 1. The second-order valence-electron chi connectivity index (χ2n) is 12.3. The summed E-state index contributed by atoms with van der Waals surface area (Å²) < 4.78 is 11.4. The first-order valence-electron chi connectivity index (χ1n) is 15.0. The summed E-state index contributed by atoms with van der Waals surface area (Å²) in [6.45, 7) is 6.63. The molecule has 244 valence electrons. The Morgan fingerprint density at radius 2 is 1.40 bits per heavy atom. The van der Waals surface area contributed by atoms with E-state index >= 15 is 0 Å². The summed E-state index contributed by atoms with van der Waals surface area (Å²) >= 11 is 1.18. The molecule has 3 aromatic carbocycles. The number of nitrogens with one attached hydrogen (secondary N) is 2. The molecule has 5 rings (SSSR count). The molecule has 4 N–H and O–H groups in total. The van der Waals surface area contributed by atoms with Crippen molar-refractivity contribution in [2.45, 2.75) is 56.4 Å². The maximum Gasteiger partial charge on any atom is 0.408 e. The van der Waals surface area contributed by atoms with Crippen molar-refractivity contribution in [1.29, 1.82) is 0 Å². The number of ether oxygens (including phenoxy) is 2. The fourth-order valence-electron chi connectivity index (χ4n) is 5.46. The SMILES string of the molecule is CC(C)(C)OC(=O)NC(C(=O)N[C@]1(C)C(=O)N2C(C(=O)OC(c3ccccc3)c3ccccc3)=C(C(N)=O)CS[C@H]21)c1ccccc1. The first kappa shape index (κ1) is 33.3. The molecule has 3 aromatic rings. The van der Waals surface area contributed by atoms with Gasteiger partial charge in [-0.15, -0.1) is 11.8 Å². The maximum atomic E-state index is 13.9. The van der Waals surface area contributed by atoms with Gasteiger partial charge >= 0.3 is 12.1 Å². The zero-order valence-corrected chi connectivity index (χ0v) is 27.2. The van der Waals surface area contributed by atoms with Crippen molar-refractivity contribution in [3.05, 3.63) is 119 Å². The Hall–Kier alpha value is -5.10. The van der Waals surface area contributed by atoms with Gasteiger partial charge in [0.05, 0.1) is 5.57 Å². The molecule has 47 heavy (non-hydrogen) atoms. The molecular weight excluding hydrogens is 620 g/mol. The zero-order chi connectivity index (χ0) is 33.9. The Morgan fingerprint density at radius 3 is 1.89 bits per heavy atom. The molecule has 4 amide bonds. The van der Waals surface area contributed by atoms with E-state index in [-0.39, 0.29) is 17.0 Å². The second-order valence-corrected chi connectivity index (χ2v) is 13.4. The number of thioether (sulfide) groups is 1. The molecular formula is C35H36N4O7S. The van der Waals surface area contributed by atoms with E-state index in [0.717, 1.165) is 4.90 Å². The Labute approximate surface area is 276 Å². The first-order valence-corrected chi connectivity index (χ1v) is 16.0. The summed E-state index contributed by atoms with van der Waals surface area (Å²) in [5.41, 5.74) is 4.89. The smallest absolute Gasteiger partial charge is 0.408 e. The van der Waals surface area contributed by atoms with Gasteiger partial charge in [0.15, 0.2) is 6.10 Å². The van der Waals surface area contributed by atoms with Crippen molar-refractivity contribution >= 4 is 41.5 Å². The highest BCUT2D eigenvalue weighted by atomic mass is 32.2. The lowest BCUT2D eigenvalue weighted by atomic mass is 9.87. The Balaban J connectivity index is 1.41. The number of rotatable bonds is 9. The molecule has 1 fully saturated rings. The van der Waals surface area contributed by atoms with Gasteiger partial charge in [0, 0.05) is 5.75 Å². The normalized spacial score (nSPS) is 19.6. The van der Waals surface area contributed by atoms with Crippen molar-refractivity contribution in [1.82, 2.24) is 15.5 Å². The van der Waals surface area contributed by atoms with Crippen molar-refractivity contribution in [2.24, 2.45) is 5.73 Å². The molecule has 0 bridgehead atoms. The van der Waals surface area contributed by atoms with E-state index in [0.29, 0.717) is 16.7 Å². The minimum Gasteiger partial charge on any atom is -0.448 e. The van der Waals surface area contributed by atoms with E-state index in [1.165, 1.54) is 18.7 Å². The van der Waals surface area contributed by atoms with Gasteiger partial charge in [-0.3, -0.25) is 19.3 Å². The maximum absolute atomic E-state index is 13.9. The van der Waals surface area contributed by atoms with Crippen LogP contribution in [0.15, 0.2) is 102 Å². The van der Waals surface area contributed by atoms with Crippen molar-refractivity contribution in [3.63, 3.8) is 0 Å². The van der Waals surface area contributed by atoms with Gasteiger partial charge in [-0.1, -0.05) is 91.0 Å². The van der Waals surface area contributed by atoms with Crippen LogP contribution < -0.4 is 16.4 Å². The molecule has 2 heterocycles. The Bertz CT molecular complexity index is 1670. The topological polar surface area (TPSA) is 157 Å². The highest BCUT2D eigenvalue weighted by Gasteiger charge is 2.63. The number of nitrogens with two attached hydrogens (primary N) is 1. The number of carbonyl (C=O) groups excluding carboxylic acids is 5. The number of hydrogen-bond acceptors (Lipinski definition) is 8. The number of fused-ring (bicyclic) bond motifs is 1. The van der Waals surface area contributed by atoms with Gasteiger partial charge in [-0.25, -0.2) is 9.59 Å². The van der Waals surface area contributed by atoms with Crippen LogP contribution in [-0.2, 0) is 28.7 Å². The standard InChI is InChI=1S/C35H36N4O7S/c1-34(2,3)46-33(44)37-25(21-14-8-5-9-15-21)29(41)38-35(4)31(43)39-26(24(28(36)40)20-47-32(35)39)30(42)45-27(22-16-10-6-11-17-22)23-18-12-7-13-19-23/h5-19,25,27,32H,20H2,1-4H3,(H2,36,40)(H,37,44)(H,38,41)/t25?,32-,35+/m0/s1. The third kappa shape index (κ3) is 7.02. The summed E-state index contributed by atoms with van der Waals surface area (Å²) in [6.07, 6.45) is -1.65. The minimum absolute atomic E-state index is 0.000707. The minimum atomic E-state index is -1.50. The monoisotopic (exact) mass is 656 g/mol. The van der Waals surface area contributed by atoms with Crippen LogP contribution in [0, 0.1) is 0 Å². The Kier molecular flexibility index (Phi) is 9.43. The number of hydrogen-bond donors (Lipinski definition) is 3. The number of benzene rings is 3. The molecule has 0 aliphatic carbocycles. The highest BCUT2D eigenvalue weighted by Crippen LogP contribution is 2.47. The number of primary amides is 1. The lowest BCUT2D eigenvalue weighted by Gasteiger charge is -2.56. The van der Waals surface area contributed by atoms with Crippen LogP contribution in [-0.4, -0.2) is 57.0 Å². The summed E-state index contributed by atoms with van der Waals surface area (Å²) in [6, 6.07) is 25.5. The molecule has 3 atom stereocenters.